The molecule has 1 rings (SSSR count). The van der Waals surface area contributed by atoms with E-state index in [9.17, 15) is 0 Å². The Morgan fingerprint density at radius 2 is 2.09 bits per heavy atom. The fraction of sp³-hybridized carbons (Fsp3) is 0.200. The molecular weight excluding hydrogens is 134 g/mol. The van der Waals surface area contributed by atoms with Gasteiger partial charge in [0.15, 0.2) is 0 Å². The molecule has 0 aliphatic heterocycles. The summed E-state index contributed by atoms with van der Waals surface area (Å²) >= 11 is 0. The largest absolute Gasteiger partial charge is 0.398 e. The zero-order chi connectivity index (χ0) is 8.27. The SMILES string of the molecule is C=C[C@H](C)c1ccccc1N. The molecule has 11 heavy (non-hydrogen) atoms. The lowest BCUT2D eigenvalue weighted by molar-refractivity contribution is 0.975. The highest BCUT2D eigenvalue weighted by Gasteiger charge is 2.02. The Kier molecular flexibility index (Phi) is 2.32. The van der Waals surface area contributed by atoms with Gasteiger partial charge in [0.1, 0.15) is 0 Å². The van der Waals surface area contributed by atoms with Crippen LogP contribution in [-0.4, -0.2) is 0 Å². The van der Waals surface area contributed by atoms with E-state index in [-0.39, 0.29) is 0 Å². The summed E-state index contributed by atoms with van der Waals surface area (Å²) in [6, 6.07) is 7.87. The molecule has 0 unspecified atom stereocenters. The Morgan fingerprint density at radius 3 is 2.64 bits per heavy atom. The summed E-state index contributed by atoms with van der Waals surface area (Å²) in [5, 5.41) is 0. The minimum atomic E-state index is 0.344. The van der Waals surface area contributed by atoms with E-state index in [2.05, 4.69) is 13.5 Å². The van der Waals surface area contributed by atoms with Crippen LogP contribution in [0.15, 0.2) is 36.9 Å². The highest BCUT2D eigenvalue weighted by Crippen LogP contribution is 2.21. The second-order valence-corrected chi connectivity index (χ2v) is 2.65. The molecule has 1 heteroatoms. The van der Waals surface area contributed by atoms with Crippen LogP contribution in [0.1, 0.15) is 18.4 Å². The number of nitrogens with two attached hydrogens (primary N) is 1. The van der Waals surface area contributed by atoms with Crippen LogP contribution in [0.4, 0.5) is 5.69 Å². The fourth-order valence-electron chi connectivity index (χ4n) is 1.05. The van der Waals surface area contributed by atoms with Gasteiger partial charge in [-0.3, -0.25) is 0 Å². The van der Waals surface area contributed by atoms with E-state index in [0.717, 1.165) is 11.3 Å². The minimum Gasteiger partial charge on any atom is -0.398 e. The van der Waals surface area contributed by atoms with Crippen LogP contribution < -0.4 is 5.73 Å². The molecule has 0 radical (unpaired) electrons. The summed E-state index contributed by atoms with van der Waals surface area (Å²) in [6.07, 6.45) is 1.89. The van der Waals surface area contributed by atoms with E-state index in [1.807, 2.05) is 30.3 Å². The van der Waals surface area contributed by atoms with Crippen LogP contribution in [0.25, 0.3) is 0 Å². The molecule has 1 aromatic rings. The molecule has 0 aliphatic carbocycles. The topological polar surface area (TPSA) is 26.0 Å². The van der Waals surface area contributed by atoms with E-state index >= 15 is 0 Å². The third-order valence-corrected chi connectivity index (χ3v) is 1.84. The number of rotatable bonds is 2. The van der Waals surface area contributed by atoms with Crippen LogP contribution in [0, 0.1) is 0 Å². The lowest BCUT2D eigenvalue weighted by Crippen LogP contribution is -1.95. The minimum absolute atomic E-state index is 0.344. The van der Waals surface area contributed by atoms with Crippen molar-refractivity contribution in [3.63, 3.8) is 0 Å². The number of hydrogen-bond acceptors (Lipinski definition) is 1. The van der Waals surface area contributed by atoms with Gasteiger partial charge in [-0.15, -0.1) is 6.58 Å². The van der Waals surface area contributed by atoms with Gasteiger partial charge in [-0.2, -0.15) is 0 Å². The summed E-state index contributed by atoms with van der Waals surface area (Å²) in [7, 11) is 0. The van der Waals surface area contributed by atoms with E-state index in [1.165, 1.54) is 0 Å². The Balaban J connectivity index is 3.02. The van der Waals surface area contributed by atoms with Gasteiger partial charge in [0.25, 0.3) is 0 Å². The predicted octanol–water partition coefficient (Wildman–Crippen LogP) is 2.56. The molecule has 0 heterocycles. The molecular formula is C10H13N. The molecule has 0 fully saturated rings. The summed E-state index contributed by atoms with van der Waals surface area (Å²) < 4.78 is 0. The fourth-order valence-corrected chi connectivity index (χ4v) is 1.05. The van der Waals surface area contributed by atoms with Gasteiger partial charge in [-0.25, -0.2) is 0 Å². The first-order valence-corrected chi connectivity index (χ1v) is 3.72. The van der Waals surface area contributed by atoms with Crippen molar-refractivity contribution in [1.82, 2.24) is 0 Å². The highest BCUT2D eigenvalue weighted by molar-refractivity contribution is 5.49. The molecule has 2 N–H and O–H groups in total. The lowest BCUT2D eigenvalue weighted by atomic mass is 10.00. The second-order valence-electron chi connectivity index (χ2n) is 2.65. The van der Waals surface area contributed by atoms with Gasteiger partial charge in [0, 0.05) is 11.6 Å². The maximum Gasteiger partial charge on any atom is 0.0352 e. The highest BCUT2D eigenvalue weighted by atomic mass is 14.6. The number of allylic oxidation sites excluding steroid dienone is 1. The van der Waals surface area contributed by atoms with Crippen molar-refractivity contribution in [2.45, 2.75) is 12.8 Å². The average Bonchev–Trinajstić information content (AvgIpc) is 2.04. The van der Waals surface area contributed by atoms with E-state index < -0.39 is 0 Å². The standard InChI is InChI=1S/C10H13N/c1-3-8(2)9-6-4-5-7-10(9)11/h3-8H,1,11H2,2H3/t8-/m0/s1. The van der Waals surface area contributed by atoms with Crippen LogP contribution in [-0.2, 0) is 0 Å². The van der Waals surface area contributed by atoms with Gasteiger partial charge < -0.3 is 5.73 Å². The van der Waals surface area contributed by atoms with E-state index in [4.69, 9.17) is 5.73 Å². The molecule has 0 aromatic heterocycles. The van der Waals surface area contributed by atoms with Crippen molar-refractivity contribution < 1.29 is 0 Å². The summed E-state index contributed by atoms with van der Waals surface area (Å²) in [6.45, 7) is 5.80. The molecule has 1 nitrogen and oxygen atoms in total. The van der Waals surface area contributed by atoms with Crippen molar-refractivity contribution in [3.8, 4) is 0 Å². The van der Waals surface area contributed by atoms with Crippen LogP contribution in [0.5, 0.6) is 0 Å². The molecule has 1 aromatic carbocycles. The van der Waals surface area contributed by atoms with Crippen LogP contribution in [0.2, 0.25) is 0 Å². The normalized spacial score (nSPS) is 12.5. The maximum absolute atomic E-state index is 5.75. The maximum atomic E-state index is 5.75. The van der Waals surface area contributed by atoms with Gasteiger partial charge in [0.05, 0.1) is 0 Å². The van der Waals surface area contributed by atoms with Gasteiger partial charge in [-0.05, 0) is 11.6 Å². The first-order chi connectivity index (χ1) is 5.25. The Morgan fingerprint density at radius 1 is 1.45 bits per heavy atom. The monoisotopic (exact) mass is 147 g/mol. The average molecular weight is 147 g/mol. The number of nitrogen functional groups attached to an aromatic ring is 1. The molecule has 0 amide bonds. The first-order valence-electron chi connectivity index (χ1n) is 3.72. The van der Waals surface area contributed by atoms with Gasteiger partial charge >= 0.3 is 0 Å². The predicted molar refractivity (Wildman–Crippen MR) is 49.5 cm³/mol. The van der Waals surface area contributed by atoms with Crippen LogP contribution >= 0.6 is 0 Å². The third kappa shape index (κ3) is 1.61. The van der Waals surface area contributed by atoms with Crippen molar-refractivity contribution in [2.24, 2.45) is 0 Å². The molecule has 1 atom stereocenters. The van der Waals surface area contributed by atoms with Crippen molar-refractivity contribution in [3.05, 3.63) is 42.5 Å². The zero-order valence-corrected chi connectivity index (χ0v) is 6.75. The molecule has 0 bridgehead atoms. The van der Waals surface area contributed by atoms with E-state index in [0.29, 0.717) is 5.92 Å². The number of para-hydroxylation sites is 1. The smallest absolute Gasteiger partial charge is 0.0352 e. The van der Waals surface area contributed by atoms with Gasteiger partial charge in [-0.1, -0.05) is 31.2 Å². The summed E-state index contributed by atoms with van der Waals surface area (Å²) in [4.78, 5) is 0. The lowest BCUT2D eigenvalue weighted by Gasteiger charge is -2.08. The van der Waals surface area contributed by atoms with E-state index in [1.54, 1.807) is 0 Å². The van der Waals surface area contributed by atoms with Crippen molar-refractivity contribution in [2.75, 3.05) is 5.73 Å². The Hall–Kier alpha value is -1.24. The summed E-state index contributed by atoms with van der Waals surface area (Å²) in [5.41, 5.74) is 7.75. The van der Waals surface area contributed by atoms with Crippen LogP contribution in [0.3, 0.4) is 0 Å². The molecule has 0 aliphatic rings. The third-order valence-electron chi connectivity index (χ3n) is 1.84. The Labute approximate surface area is 67.5 Å². The Bertz CT molecular complexity index is 253. The molecule has 0 spiro atoms. The number of hydrogen-bond donors (Lipinski definition) is 1. The molecule has 58 valence electrons. The van der Waals surface area contributed by atoms with Crippen molar-refractivity contribution >= 4 is 5.69 Å². The summed E-state index contributed by atoms with van der Waals surface area (Å²) in [5.74, 6) is 0.344. The van der Waals surface area contributed by atoms with Gasteiger partial charge in [0.2, 0.25) is 0 Å². The number of benzene rings is 1. The zero-order valence-electron chi connectivity index (χ0n) is 6.75. The molecule has 0 saturated heterocycles. The molecule has 0 saturated carbocycles. The quantitative estimate of drug-likeness (QED) is 0.505. The number of anilines is 1. The first kappa shape index (κ1) is 7.86. The second kappa shape index (κ2) is 3.24. The van der Waals surface area contributed by atoms with Crippen molar-refractivity contribution in [1.29, 1.82) is 0 Å².